The molecule has 0 bridgehead atoms. The van der Waals surface area contributed by atoms with Gasteiger partial charge in [-0.1, -0.05) is 61.5 Å². The van der Waals surface area contributed by atoms with Gasteiger partial charge in [-0.25, -0.2) is 0 Å². The Balaban J connectivity index is 1.75. The van der Waals surface area contributed by atoms with Gasteiger partial charge in [0.2, 0.25) is 0 Å². The predicted octanol–water partition coefficient (Wildman–Crippen LogP) is 5.59. The first-order valence-electron chi connectivity index (χ1n) is 9.36. The number of hydrogen-bond donors (Lipinski definition) is 1. The quantitative estimate of drug-likeness (QED) is 0.299. The van der Waals surface area contributed by atoms with Crippen molar-refractivity contribution in [2.75, 3.05) is 5.43 Å². The third-order valence-electron chi connectivity index (χ3n) is 4.60. The molecule has 0 saturated carbocycles. The van der Waals surface area contributed by atoms with Gasteiger partial charge in [0, 0.05) is 18.2 Å². The number of nitro groups is 2. The van der Waals surface area contributed by atoms with Crippen molar-refractivity contribution in [3.05, 3.63) is 98.6 Å². The monoisotopic (exact) mass is 404 g/mol. The van der Waals surface area contributed by atoms with Gasteiger partial charge in [-0.3, -0.25) is 25.7 Å². The van der Waals surface area contributed by atoms with Gasteiger partial charge in [0.15, 0.2) is 0 Å². The normalized spacial score (nSPS) is 11.2. The maximum atomic E-state index is 11.2. The number of nitrogens with one attached hydrogen (secondary N) is 1. The van der Waals surface area contributed by atoms with E-state index < -0.39 is 15.5 Å². The maximum absolute atomic E-state index is 11.2. The fourth-order valence-electron chi connectivity index (χ4n) is 2.94. The number of benzene rings is 3. The molecule has 0 aliphatic rings. The van der Waals surface area contributed by atoms with Crippen LogP contribution in [0.3, 0.4) is 0 Å². The van der Waals surface area contributed by atoms with Gasteiger partial charge < -0.3 is 0 Å². The molecule has 0 aromatic heterocycles. The average molecular weight is 404 g/mol. The van der Waals surface area contributed by atoms with Gasteiger partial charge >= 0.3 is 5.69 Å². The van der Waals surface area contributed by atoms with Crippen LogP contribution < -0.4 is 5.43 Å². The highest BCUT2D eigenvalue weighted by Gasteiger charge is 2.19. The van der Waals surface area contributed by atoms with Crippen LogP contribution in [-0.2, 0) is 6.42 Å². The minimum absolute atomic E-state index is 0.107. The molecule has 1 N–H and O–H groups in total. The van der Waals surface area contributed by atoms with E-state index in [0.29, 0.717) is 12.8 Å². The molecule has 0 fully saturated rings. The molecule has 0 aliphatic carbocycles. The molecule has 0 amide bonds. The van der Waals surface area contributed by atoms with Gasteiger partial charge in [0.05, 0.1) is 15.9 Å². The Hall–Kier alpha value is -4.07. The molecule has 0 atom stereocenters. The van der Waals surface area contributed by atoms with Crippen molar-refractivity contribution in [2.45, 2.75) is 19.8 Å². The number of hydrazone groups is 1. The van der Waals surface area contributed by atoms with Crippen molar-refractivity contribution in [1.82, 2.24) is 0 Å². The summed E-state index contributed by atoms with van der Waals surface area (Å²) in [5.74, 6) is 0. The zero-order valence-corrected chi connectivity index (χ0v) is 16.3. The lowest BCUT2D eigenvalue weighted by Gasteiger charge is -2.08. The molecule has 0 aliphatic heterocycles. The number of anilines is 1. The van der Waals surface area contributed by atoms with Crippen LogP contribution in [0.25, 0.3) is 11.1 Å². The zero-order chi connectivity index (χ0) is 21.5. The Morgan fingerprint density at radius 1 is 0.900 bits per heavy atom. The molecule has 3 rings (SSSR count). The summed E-state index contributed by atoms with van der Waals surface area (Å²) < 4.78 is 0. The lowest BCUT2D eigenvalue weighted by Crippen LogP contribution is -2.06. The van der Waals surface area contributed by atoms with Crippen LogP contribution in [-0.4, -0.2) is 15.6 Å². The molecule has 0 radical (unpaired) electrons. The molecule has 0 heterocycles. The third-order valence-corrected chi connectivity index (χ3v) is 4.60. The lowest BCUT2D eigenvalue weighted by atomic mass is 10.0. The van der Waals surface area contributed by atoms with Gasteiger partial charge in [-0.05, 0) is 29.2 Å². The van der Waals surface area contributed by atoms with Crippen LogP contribution in [0.2, 0.25) is 0 Å². The largest absolute Gasteiger partial charge is 0.301 e. The first-order chi connectivity index (χ1) is 14.5. The molecule has 152 valence electrons. The minimum atomic E-state index is -0.670. The molecule has 30 heavy (non-hydrogen) atoms. The van der Waals surface area contributed by atoms with Crippen LogP contribution >= 0.6 is 0 Å². The van der Waals surface area contributed by atoms with Gasteiger partial charge in [0.25, 0.3) is 5.69 Å². The SMILES string of the molecule is CC/C(Cc1ccc(-c2ccccc2)cc1)=N\Nc1ccc([N+](=O)[O-])cc1[N+](=O)[O-]. The molecule has 8 heteroatoms. The maximum Gasteiger partial charge on any atom is 0.301 e. The Bertz CT molecular complexity index is 1080. The lowest BCUT2D eigenvalue weighted by molar-refractivity contribution is -0.393. The third kappa shape index (κ3) is 5.05. The second-order valence-corrected chi connectivity index (χ2v) is 6.60. The summed E-state index contributed by atoms with van der Waals surface area (Å²) in [5, 5.41) is 26.4. The van der Waals surface area contributed by atoms with Crippen molar-refractivity contribution in [1.29, 1.82) is 0 Å². The van der Waals surface area contributed by atoms with Crippen LogP contribution in [0, 0.1) is 20.2 Å². The van der Waals surface area contributed by atoms with E-state index >= 15 is 0 Å². The van der Waals surface area contributed by atoms with E-state index in [1.165, 1.54) is 12.1 Å². The standard InChI is InChI=1S/C22H20N4O4/c1-2-19(14-16-8-10-18(11-9-16)17-6-4-3-5-7-17)23-24-21-13-12-20(25(27)28)15-22(21)26(29)30/h3-13,15,24H,2,14H2,1H3/b23-19+. The van der Waals surface area contributed by atoms with E-state index in [-0.39, 0.29) is 11.4 Å². The highest BCUT2D eigenvalue weighted by molar-refractivity contribution is 5.87. The molecular weight excluding hydrogens is 384 g/mol. The van der Waals surface area contributed by atoms with Crippen LogP contribution in [0.15, 0.2) is 77.9 Å². The number of non-ortho nitro benzene ring substituents is 1. The van der Waals surface area contributed by atoms with Crippen molar-refractivity contribution in [2.24, 2.45) is 5.10 Å². The second kappa shape index (κ2) is 9.42. The number of rotatable bonds is 8. The van der Waals surface area contributed by atoms with Crippen molar-refractivity contribution < 1.29 is 9.85 Å². The van der Waals surface area contributed by atoms with E-state index in [0.717, 1.165) is 28.5 Å². The van der Waals surface area contributed by atoms with E-state index in [1.54, 1.807) is 0 Å². The first-order valence-corrected chi connectivity index (χ1v) is 9.36. The Labute approximate surface area is 173 Å². The summed E-state index contributed by atoms with van der Waals surface area (Å²) in [6.45, 7) is 1.95. The van der Waals surface area contributed by atoms with E-state index in [2.05, 4.69) is 22.7 Å². The van der Waals surface area contributed by atoms with Crippen molar-refractivity contribution >= 4 is 22.8 Å². The van der Waals surface area contributed by atoms with Gasteiger partial charge in [0.1, 0.15) is 5.69 Å². The van der Waals surface area contributed by atoms with Crippen LogP contribution in [0.5, 0.6) is 0 Å². The fraction of sp³-hybridized carbons (Fsp3) is 0.136. The van der Waals surface area contributed by atoms with E-state index in [9.17, 15) is 20.2 Å². The van der Waals surface area contributed by atoms with Crippen molar-refractivity contribution in [3.63, 3.8) is 0 Å². The highest BCUT2D eigenvalue weighted by Crippen LogP contribution is 2.29. The number of nitro benzene ring substituents is 2. The summed E-state index contributed by atoms with van der Waals surface area (Å²) in [5.41, 5.74) is 6.19. The van der Waals surface area contributed by atoms with E-state index in [1.807, 2.05) is 49.4 Å². The zero-order valence-electron chi connectivity index (χ0n) is 16.3. The minimum Gasteiger partial charge on any atom is -0.272 e. The summed E-state index contributed by atoms with van der Waals surface area (Å²) in [4.78, 5) is 20.8. The molecule has 0 unspecified atom stereocenters. The summed E-state index contributed by atoms with van der Waals surface area (Å²) >= 11 is 0. The van der Waals surface area contributed by atoms with Gasteiger partial charge in [-0.15, -0.1) is 0 Å². The van der Waals surface area contributed by atoms with Crippen LogP contribution in [0.4, 0.5) is 17.1 Å². The highest BCUT2D eigenvalue weighted by atomic mass is 16.6. The molecule has 0 saturated heterocycles. The first kappa shape index (κ1) is 20.7. The molecule has 0 spiro atoms. The van der Waals surface area contributed by atoms with Crippen molar-refractivity contribution in [3.8, 4) is 11.1 Å². The predicted molar refractivity (Wildman–Crippen MR) is 117 cm³/mol. The smallest absolute Gasteiger partial charge is 0.272 e. The van der Waals surface area contributed by atoms with Crippen LogP contribution in [0.1, 0.15) is 18.9 Å². The molecule has 3 aromatic rings. The number of nitrogens with zero attached hydrogens (tertiary/aromatic N) is 3. The second-order valence-electron chi connectivity index (χ2n) is 6.60. The fourth-order valence-corrected chi connectivity index (χ4v) is 2.94. The Morgan fingerprint density at radius 3 is 2.17 bits per heavy atom. The average Bonchev–Trinajstić information content (AvgIpc) is 2.77. The Kier molecular flexibility index (Phi) is 6.49. The number of hydrogen-bond acceptors (Lipinski definition) is 6. The van der Waals surface area contributed by atoms with Gasteiger partial charge in [-0.2, -0.15) is 5.10 Å². The molecule has 8 nitrogen and oxygen atoms in total. The summed E-state index contributed by atoms with van der Waals surface area (Å²) in [6, 6.07) is 21.6. The van der Waals surface area contributed by atoms with E-state index in [4.69, 9.17) is 0 Å². The summed E-state index contributed by atoms with van der Waals surface area (Å²) in [7, 11) is 0. The molecular formula is C22H20N4O4. The molecule has 3 aromatic carbocycles. The Morgan fingerprint density at radius 2 is 1.57 bits per heavy atom. The summed E-state index contributed by atoms with van der Waals surface area (Å²) in [6.07, 6.45) is 1.23. The topological polar surface area (TPSA) is 111 Å².